The van der Waals surface area contributed by atoms with Gasteiger partial charge >= 0.3 is 5.97 Å². The Hall–Kier alpha value is -2.91. The number of morpholine rings is 1. The second-order valence-corrected chi connectivity index (χ2v) is 7.48. The van der Waals surface area contributed by atoms with Gasteiger partial charge in [0.1, 0.15) is 11.6 Å². The van der Waals surface area contributed by atoms with Crippen LogP contribution in [0.15, 0.2) is 91.0 Å². The highest BCUT2D eigenvalue weighted by Gasteiger charge is 2.53. The number of carbonyl (C=O) groups is 1. The molecule has 0 unspecified atom stereocenters. The standard InChI is InChI=1S/C25H25NO2/c1-19-23(21-14-8-4-9-15-21)28-24(27)25(26(19)2,22-16-10-5-11-17-22)18-20-12-6-3-7-13-20/h3-17,19,23H,18H2,1-2H3/t19-,23-,25+/m0/s1. The van der Waals surface area contributed by atoms with E-state index in [1.807, 2.05) is 85.9 Å². The summed E-state index contributed by atoms with van der Waals surface area (Å²) in [6, 6.07) is 30.2. The molecule has 0 radical (unpaired) electrons. The Morgan fingerprint density at radius 2 is 1.39 bits per heavy atom. The molecule has 1 saturated heterocycles. The van der Waals surface area contributed by atoms with Gasteiger partial charge in [0.2, 0.25) is 0 Å². The van der Waals surface area contributed by atoms with Crippen LogP contribution in [0, 0.1) is 0 Å². The van der Waals surface area contributed by atoms with Crippen LogP contribution in [-0.2, 0) is 21.5 Å². The number of likely N-dealkylation sites (N-methyl/N-ethyl adjacent to an activating group) is 1. The molecule has 3 heteroatoms. The van der Waals surface area contributed by atoms with Crippen molar-refractivity contribution >= 4 is 5.97 Å². The summed E-state index contributed by atoms with van der Waals surface area (Å²) in [4.78, 5) is 15.8. The van der Waals surface area contributed by atoms with Gasteiger partial charge in [0.05, 0.1) is 0 Å². The zero-order valence-corrected chi connectivity index (χ0v) is 16.3. The van der Waals surface area contributed by atoms with E-state index in [0.717, 1.165) is 16.7 Å². The fourth-order valence-electron chi connectivity index (χ4n) is 4.22. The zero-order chi connectivity index (χ0) is 19.6. The molecule has 1 fully saturated rings. The van der Waals surface area contributed by atoms with Crippen LogP contribution >= 0.6 is 0 Å². The van der Waals surface area contributed by atoms with Gasteiger partial charge in [0, 0.05) is 12.5 Å². The maximum Gasteiger partial charge on any atom is 0.332 e. The van der Waals surface area contributed by atoms with Crippen LogP contribution < -0.4 is 0 Å². The molecule has 0 saturated carbocycles. The summed E-state index contributed by atoms with van der Waals surface area (Å²) in [6.45, 7) is 2.13. The Bertz CT molecular complexity index is 927. The first-order valence-corrected chi connectivity index (χ1v) is 9.71. The largest absolute Gasteiger partial charge is 0.454 e. The van der Waals surface area contributed by atoms with E-state index in [2.05, 4.69) is 24.0 Å². The predicted octanol–water partition coefficient (Wildman–Crippen LogP) is 4.74. The second kappa shape index (κ2) is 7.61. The van der Waals surface area contributed by atoms with Crippen molar-refractivity contribution < 1.29 is 9.53 Å². The van der Waals surface area contributed by atoms with E-state index in [0.29, 0.717) is 6.42 Å². The van der Waals surface area contributed by atoms with Crippen molar-refractivity contribution in [1.29, 1.82) is 0 Å². The van der Waals surface area contributed by atoms with Crippen molar-refractivity contribution in [3.63, 3.8) is 0 Å². The average molecular weight is 371 g/mol. The van der Waals surface area contributed by atoms with Crippen molar-refractivity contribution in [2.45, 2.75) is 31.0 Å². The molecule has 0 amide bonds. The minimum atomic E-state index is -0.854. The molecule has 0 bridgehead atoms. The highest BCUT2D eigenvalue weighted by Crippen LogP contribution is 2.43. The Morgan fingerprint density at radius 3 is 2.00 bits per heavy atom. The van der Waals surface area contributed by atoms with E-state index >= 15 is 0 Å². The smallest absolute Gasteiger partial charge is 0.332 e. The summed E-state index contributed by atoms with van der Waals surface area (Å²) in [6.07, 6.45) is 0.283. The molecule has 0 aliphatic carbocycles. The molecule has 0 spiro atoms. The third kappa shape index (κ3) is 3.12. The van der Waals surface area contributed by atoms with E-state index in [-0.39, 0.29) is 18.1 Å². The van der Waals surface area contributed by atoms with Gasteiger partial charge in [-0.2, -0.15) is 0 Å². The molecule has 3 aromatic carbocycles. The molecule has 28 heavy (non-hydrogen) atoms. The van der Waals surface area contributed by atoms with Crippen LogP contribution in [0.25, 0.3) is 0 Å². The van der Waals surface area contributed by atoms with Crippen molar-refractivity contribution in [3.8, 4) is 0 Å². The molecule has 3 aromatic rings. The van der Waals surface area contributed by atoms with Gasteiger partial charge in [-0.3, -0.25) is 4.90 Å². The van der Waals surface area contributed by atoms with Gasteiger partial charge in [-0.05, 0) is 30.7 Å². The minimum absolute atomic E-state index is 0.0315. The topological polar surface area (TPSA) is 29.5 Å². The van der Waals surface area contributed by atoms with Crippen LogP contribution in [0.3, 0.4) is 0 Å². The third-order valence-corrected chi connectivity index (χ3v) is 5.91. The maximum absolute atomic E-state index is 13.6. The van der Waals surface area contributed by atoms with Crippen molar-refractivity contribution in [1.82, 2.24) is 4.90 Å². The fraction of sp³-hybridized carbons (Fsp3) is 0.240. The Balaban J connectivity index is 1.79. The van der Waals surface area contributed by atoms with Crippen LogP contribution in [0.5, 0.6) is 0 Å². The van der Waals surface area contributed by atoms with Gasteiger partial charge in [-0.1, -0.05) is 91.0 Å². The number of nitrogens with zero attached hydrogens (tertiary/aromatic N) is 1. The molecule has 142 valence electrons. The highest BCUT2D eigenvalue weighted by molar-refractivity contribution is 5.84. The number of rotatable bonds is 4. The van der Waals surface area contributed by atoms with Gasteiger partial charge in [0.15, 0.2) is 0 Å². The summed E-state index contributed by atoms with van der Waals surface area (Å²) >= 11 is 0. The highest BCUT2D eigenvalue weighted by atomic mass is 16.6. The normalized spacial score (nSPS) is 25.3. The van der Waals surface area contributed by atoms with E-state index in [9.17, 15) is 4.79 Å². The molecule has 0 N–H and O–H groups in total. The van der Waals surface area contributed by atoms with Gasteiger partial charge < -0.3 is 4.74 Å². The van der Waals surface area contributed by atoms with Crippen LogP contribution in [-0.4, -0.2) is 24.0 Å². The predicted molar refractivity (Wildman–Crippen MR) is 111 cm³/mol. The number of carbonyl (C=O) groups excluding carboxylic acids is 1. The SMILES string of the molecule is C[C@H]1[C@@H](c2ccccc2)OC(=O)[C@@](Cc2ccccc2)(c2ccccc2)N1C. The minimum Gasteiger partial charge on any atom is -0.454 e. The van der Waals surface area contributed by atoms with Gasteiger partial charge in [-0.15, -0.1) is 0 Å². The van der Waals surface area contributed by atoms with Crippen LogP contribution in [0.2, 0.25) is 0 Å². The number of ether oxygens (including phenoxy) is 1. The first kappa shape index (κ1) is 18.5. The van der Waals surface area contributed by atoms with E-state index in [4.69, 9.17) is 4.74 Å². The molecular weight excluding hydrogens is 346 g/mol. The molecule has 4 rings (SSSR count). The number of benzene rings is 3. The number of hydrogen-bond acceptors (Lipinski definition) is 3. The van der Waals surface area contributed by atoms with Gasteiger partial charge in [-0.25, -0.2) is 4.79 Å². The van der Waals surface area contributed by atoms with Crippen LogP contribution in [0.4, 0.5) is 0 Å². The Morgan fingerprint density at radius 1 is 0.857 bits per heavy atom. The summed E-state index contributed by atoms with van der Waals surface area (Å²) in [5.74, 6) is -0.197. The molecule has 3 atom stereocenters. The summed E-state index contributed by atoms with van der Waals surface area (Å²) in [5.41, 5.74) is 2.25. The van der Waals surface area contributed by atoms with E-state index in [1.165, 1.54) is 0 Å². The maximum atomic E-state index is 13.6. The summed E-state index contributed by atoms with van der Waals surface area (Å²) < 4.78 is 6.12. The molecule has 3 nitrogen and oxygen atoms in total. The lowest BCUT2D eigenvalue weighted by molar-refractivity contribution is -0.187. The quantitative estimate of drug-likeness (QED) is 0.620. The lowest BCUT2D eigenvalue weighted by Gasteiger charge is -2.50. The lowest BCUT2D eigenvalue weighted by Crippen LogP contribution is -2.61. The average Bonchev–Trinajstić information content (AvgIpc) is 2.76. The first-order chi connectivity index (χ1) is 13.6. The Kier molecular flexibility index (Phi) is 5.01. The zero-order valence-electron chi connectivity index (χ0n) is 16.3. The van der Waals surface area contributed by atoms with Gasteiger partial charge in [0.25, 0.3) is 0 Å². The number of cyclic esters (lactones) is 1. The number of esters is 1. The Labute approximate surface area is 166 Å². The van der Waals surface area contributed by atoms with E-state index in [1.54, 1.807) is 0 Å². The third-order valence-electron chi connectivity index (χ3n) is 5.91. The lowest BCUT2D eigenvalue weighted by atomic mass is 9.79. The van der Waals surface area contributed by atoms with Crippen LogP contribution in [0.1, 0.15) is 29.7 Å². The molecule has 1 aliphatic heterocycles. The molecule has 1 heterocycles. The van der Waals surface area contributed by atoms with E-state index < -0.39 is 5.54 Å². The molecule has 0 aromatic heterocycles. The summed E-state index contributed by atoms with van der Waals surface area (Å²) in [5, 5.41) is 0. The van der Waals surface area contributed by atoms with Crippen molar-refractivity contribution in [3.05, 3.63) is 108 Å². The molecular formula is C25H25NO2. The molecule has 1 aliphatic rings. The first-order valence-electron chi connectivity index (χ1n) is 9.71. The van der Waals surface area contributed by atoms with Crippen molar-refractivity contribution in [2.75, 3.05) is 7.05 Å². The monoisotopic (exact) mass is 371 g/mol. The summed E-state index contributed by atoms with van der Waals surface area (Å²) in [7, 11) is 2.04. The number of hydrogen-bond donors (Lipinski definition) is 0. The fourth-order valence-corrected chi connectivity index (χ4v) is 4.22. The second-order valence-electron chi connectivity index (χ2n) is 7.48. The van der Waals surface area contributed by atoms with Crippen molar-refractivity contribution in [2.24, 2.45) is 0 Å².